The summed E-state index contributed by atoms with van der Waals surface area (Å²) in [5, 5.41) is 10.6. The van der Waals surface area contributed by atoms with Crippen molar-refractivity contribution in [2.24, 2.45) is 5.92 Å². The largest absolute Gasteiger partial charge is 0.490 e. The zero-order valence-electron chi connectivity index (χ0n) is 17.0. The first-order valence-electron chi connectivity index (χ1n) is 10.2. The maximum atomic E-state index is 12.1. The Morgan fingerprint density at radius 1 is 1.14 bits per heavy atom. The molecule has 0 aliphatic carbocycles. The molecule has 1 saturated heterocycles. The van der Waals surface area contributed by atoms with Crippen molar-refractivity contribution in [1.82, 2.24) is 9.47 Å². The fourth-order valence-electron chi connectivity index (χ4n) is 5.07. The van der Waals surface area contributed by atoms with E-state index in [0.29, 0.717) is 25.0 Å². The number of fused-ring (bicyclic) bond motifs is 4. The van der Waals surface area contributed by atoms with Gasteiger partial charge in [-0.15, -0.1) is 0 Å². The predicted molar refractivity (Wildman–Crippen MR) is 110 cm³/mol. The third-order valence-corrected chi connectivity index (χ3v) is 6.05. The van der Waals surface area contributed by atoms with Crippen molar-refractivity contribution in [3.63, 3.8) is 0 Å². The van der Waals surface area contributed by atoms with E-state index in [2.05, 4.69) is 30.0 Å². The van der Waals surface area contributed by atoms with Crippen molar-refractivity contribution in [3.05, 3.63) is 63.1 Å². The zero-order valence-corrected chi connectivity index (χ0v) is 17.0. The first kappa shape index (κ1) is 19.2. The molecule has 1 N–H and O–H groups in total. The molecular weight excluding hydrogens is 352 g/mol. The van der Waals surface area contributed by atoms with Gasteiger partial charge in [0.25, 0.3) is 5.56 Å². The molecule has 28 heavy (non-hydrogen) atoms. The monoisotopic (exact) mass is 382 g/mol. The molecule has 2 aliphatic heterocycles. The second-order valence-corrected chi connectivity index (χ2v) is 8.61. The zero-order chi connectivity index (χ0) is 19.8. The number of hydrogen-bond donors (Lipinski definition) is 1. The SMILES string of the molecule is Cc1cc(C)c(OC[C@H](O)CN2C[C@@H]3C[C@H](C2)c2cccc(=O)n2C3)c(C)c1. The molecule has 0 unspecified atom stereocenters. The highest BCUT2D eigenvalue weighted by Crippen LogP contribution is 2.35. The van der Waals surface area contributed by atoms with E-state index in [1.165, 1.54) is 5.56 Å². The smallest absolute Gasteiger partial charge is 0.250 e. The molecule has 2 aliphatic rings. The lowest BCUT2D eigenvalue weighted by molar-refractivity contribution is 0.0381. The van der Waals surface area contributed by atoms with Crippen molar-refractivity contribution in [2.75, 3.05) is 26.2 Å². The summed E-state index contributed by atoms with van der Waals surface area (Å²) in [5.74, 6) is 1.73. The number of aromatic nitrogens is 1. The van der Waals surface area contributed by atoms with Crippen molar-refractivity contribution in [3.8, 4) is 5.75 Å². The molecule has 5 nitrogen and oxygen atoms in total. The summed E-state index contributed by atoms with van der Waals surface area (Å²) in [5.41, 5.74) is 4.70. The third-order valence-electron chi connectivity index (χ3n) is 6.05. The topological polar surface area (TPSA) is 54.7 Å². The number of ether oxygens (including phenoxy) is 1. The molecular formula is C23H30N2O3. The number of aliphatic hydroxyl groups is 1. The van der Waals surface area contributed by atoms with Gasteiger partial charge in [-0.25, -0.2) is 0 Å². The summed E-state index contributed by atoms with van der Waals surface area (Å²) in [6.45, 7) is 9.69. The normalized spacial score (nSPS) is 22.6. The van der Waals surface area contributed by atoms with Crippen LogP contribution in [-0.4, -0.2) is 46.9 Å². The number of benzene rings is 1. The molecule has 2 bridgehead atoms. The van der Waals surface area contributed by atoms with Gasteiger partial charge in [-0.2, -0.15) is 0 Å². The summed E-state index contributed by atoms with van der Waals surface area (Å²) in [6.07, 6.45) is 0.603. The molecule has 2 aromatic rings. The Balaban J connectivity index is 1.37. The minimum atomic E-state index is -0.531. The summed E-state index contributed by atoms with van der Waals surface area (Å²) in [4.78, 5) is 14.5. The number of hydrogen-bond acceptors (Lipinski definition) is 4. The average Bonchev–Trinajstić information content (AvgIpc) is 2.61. The van der Waals surface area contributed by atoms with E-state index in [1.54, 1.807) is 6.07 Å². The number of rotatable bonds is 5. The van der Waals surface area contributed by atoms with Gasteiger partial charge in [-0.1, -0.05) is 23.8 Å². The minimum Gasteiger partial charge on any atom is -0.490 e. The molecule has 0 spiro atoms. The van der Waals surface area contributed by atoms with Crippen LogP contribution in [-0.2, 0) is 6.54 Å². The molecule has 0 amide bonds. The lowest BCUT2D eigenvalue weighted by Gasteiger charge is -2.43. The van der Waals surface area contributed by atoms with Crippen LogP contribution in [0.25, 0.3) is 0 Å². The quantitative estimate of drug-likeness (QED) is 0.864. The van der Waals surface area contributed by atoms with Crippen LogP contribution in [0.1, 0.15) is 34.7 Å². The number of aryl methyl sites for hydroxylation is 3. The average molecular weight is 383 g/mol. The second-order valence-electron chi connectivity index (χ2n) is 8.61. The Kier molecular flexibility index (Phi) is 5.30. The first-order valence-corrected chi connectivity index (χ1v) is 10.2. The summed E-state index contributed by atoms with van der Waals surface area (Å²) >= 11 is 0. The number of pyridine rings is 1. The predicted octanol–water partition coefficient (Wildman–Crippen LogP) is 2.63. The van der Waals surface area contributed by atoms with E-state index in [4.69, 9.17) is 4.74 Å². The van der Waals surface area contributed by atoms with E-state index in [0.717, 1.165) is 48.6 Å². The van der Waals surface area contributed by atoms with Crippen LogP contribution in [0.5, 0.6) is 5.75 Å². The Labute approximate surface area is 166 Å². The summed E-state index contributed by atoms with van der Waals surface area (Å²) in [7, 11) is 0. The molecule has 150 valence electrons. The van der Waals surface area contributed by atoms with Gasteiger partial charge in [0.15, 0.2) is 0 Å². The van der Waals surface area contributed by atoms with Gasteiger partial charge in [-0.3, -0.25) is 9.69 Å². The van der Waals surface area contributed by atoms with Crippen LogP contribution in [0.4, 0.5) is 0 Å². The maximum Gasteiger partial charge on any atom is 0.250 e. The highest BCUT2D eigenvalue weighted by Gasteiger charge is 2.34. The van der Waals surface area contributed by atoms with E-state index in [1.807, 2.05) is 24.5 Å². The third kappa shape index (κ3) is 3.87. The van der Waals surface area contributed by atoms with Crippen LogP contribution in [0, 0.1) is 26.7 Å². The molecule has 3 heterocycles. The Bertz CT molecular complexity index is 897. The summed E-state index contributed by atoms with van der Waals surface area (Å²) < 4.78 is 7.91. The molecule has 4 rings (SSSR count). The van der Waals surface area contributed by atoms with Crippen molar-refractivity contribution in [2.45, 2.75) is 45.8 Å². The highest BCUT2D eigenvalue weighted by atomic mass is 16.5. The standard InChI is InChI=1S/C23H30N2O3/c1-15-7-16(2)23(17(3)8-15)28-14-20(26)13-24-10-18-9-19(12-24)21-5-4-6-22(27)25(21)11-18/h4-8,18-20,26H,9-14H2,1-3H3/t18-,19+,20+/m0/s1. The van der Waals surface area contributed by atoms with Gasteiger partial charge in [-0.05, 0) is 50.3 Å². The molecule has 1 fully saturated rings. The fourth-order valence-corrected chi connectivity index (χ4v) is 5.07. The van der Waals surface area contributed by atoms with E-state index < -0.39 is 6.10 Å². The van der Waals surface area contributed by atoms with Crippen LogP contribution in [0.3, 0.4) is 0 Å². The molecule has 5 heteroatoms. The number of nitrogens with zero attached hydrogens (tertiary/aromatic N) is 2. The molecule has 3 atom stereocenters. The number of likely N-dealkylation sites (tertiary alicyclic amines) is 1. The fraction of sp³-hybridized carbons (Fsp3) is 0.522. The van der Waals surface area contributed by atoms with Gasteiger partial charge in [0, 0.05) is 43.9 Å². The van der Waals surface area contributed by atoms with Crippen molar-refractivity contribution < 1.29 is 9.84 Å². The Morgan fingerprint density at radius 2 is 1.89 bits per heavy atom. The van der Waals surface area contributed by atoms with Crippen molar-refractivity contribution >= 4 is 0 Å². The molecule has 1 aromatic carbocycles. The molecule has 1 aromatic heterocycles. The molecule has 0 saturated carbocycles. The van der Waals surface area contributed by atoms with Gasteiger partial charge in [0.05, 0.1) is 0 Å². The van der Waals surface area contributed by atoms with E-state index in [-0.39, 0.29) is 5.56 Å². The van der Waals surface area contributed by atoms with Crippen LogP contribution >= 0.6 is 0 Å². The second kappa shape index (κ2) is 7.72. The van der Waals surface area contributed by atoms with Gasteiger partial charge in [0.2, 0.25) is 0 Å². The summed E-state index contributed by atoms with van der Waals surface area (Å²) in [6, 6.07) is 9.81. The number of aliphatic hydroxyl groups excluding tert-OH is 1. The van der Waals surface area contributed by atoms with Crippen molar-refractivity contribution in [1.29, 1.82) is 0 Å². The maximum absolute atomic E-state index is 12.1. The number of piperidine rings is 1. The first-order chi connectivity index (χ1) is 13.4. The van der Waals surface area contributed by atoms with Crippen LogP contribution in [0.15, 0.2) is 35.1 Å². The van der Waals surface area contributed by atoms with Crippen LogP contribution < -0.4 is 10.3 Å². The van der Waals surface area contributed by atoms with Gasteiger partial charge < -0.3 is 14.4 Å². The van der Waals surface area contributed by atoms with E-state index in [9.17, 15) is 9.90 Å². The van der Waals surface area contributed by atoms with Gasteiger partial charge in [0.1, 0.15) is 18.5 Å². The van der Waals surface area contributed by atoms with E-state index >= 15 is 0 Å². The highest BCUT2D eigenvalue weighted by molar-refractivity contribution is 5.42. The molecule has 0 radical (unpaired) electrons. The van der Waals surface area contributed by atoms with Gasteiger partial charge >= 0.3 is 0 Å². The van der Waals surface area contributed by atoms with Crippen LogP contribution in [0.2, 0.25) is 0 Å². The minimum absolute atomic E-state index is 0.109. The lowest BCUT2D eigenvalue weighted by Crippen LogP contribution is -2.49. The lowest BCUT2D eigenvalue weighted by atomic mass is 9.83. The Morgan fingerprint density at radius 3 is 2.64 bits per heavy atom. The Hall–Kier alpha value is -2.11. The number of β-amino-alcohol motifs (C(OH)–C–C–N with tert-alkyl or cyclic N) is 1.